The molecule has 0 aromatic heterocycles. The molecule has 0 unspecified atom stereocenters. The van der Waals surface area contributed by atoms with Gasteiger partial charge in [-0.2, -0.15) is 0 Å². The fourth-order valence-electron chi connectivity index (χ4n) is 1.16. The van der Waals surface area contributed by atoms with Crippen LogP contribution in [-0.4, -0.2) is 19.1 Å². The Labute approximate surface area is 98.5 Å². The van der Waals surface area contributed by atoms with Crippen LogP contribution in [0.25, 0.3) is 6.08 Å². The van der Waals surface area contributed by atoms with E-state index in [2.05, 4.69) is 9.05 Å². The quantitative estimate of drug-likeness (QED) is 0.460. The normalized spacial score (nSPS) is 11.9. The second kappa shape index (κ2) is 5.72. The highest BCUT2D eigenvalue weighted by Gasteiger charge is 2.17. The predicted octanol–water partition coefficient (Wildman–Crippen LogP) is 3.05. The summed E-state index contributed by atoms with van der Waals surface area (Å²) in [5.41, 5.74) is 0.273. The minimum Gasteiger partial charge on any atom is -0.309 e. The summed E-state index contributed by atoms with van der Waals surface area (Å²) in [4.78, 5) is 10.2. The van der Waals surface area contributed by atoms with Crippen molar-refractivity contribution in [2.45, 2.75) is 0 Å². The van der Waals surface area contributed by atoms with Crippen LogP contribution < -0.4 is 0 Å². The smallest absolute Gasteiger partial charge is 0.309 e. The van der Waals surface area contributed by atoms with E-state index in [1.807, 2.05) is 0 Å². The Hall–Kier alpha value is -1.49. The SMILES string of the molecule is COP(=O)(/C=C/c1ccccc1[N+](=O)[O-])OC. The minimum atomic E-state index is -3.30. The average Bonchev–Trinajstić information content (AvgIpc) is 2.36. The first-order valence-electron chi connectivity index (χ1n) is 4.66. The number of nitrogens with zero attached hydrogens (tertiary/aromatic N) is 1. The molecule has 6 nitrogen and oxygen atoms in total. The van der Waals surface area contributed by atoms with Crippen molar-refractivity contribution in [3.8, 4) is 0 Å². The van der Waals surface area contributed by atoms with Crippen LogP contribution in [0.1, 0.15) is 5.56 Å². The molecular weight excluding hydrogens is 245 g/mol. The van der Waals surface area contributed by atoms with Gasteiger partial charge in [0.05, 0.1) is 10.5 Å². The Balaban J connectivity index is 3.07. The molecule has 0 aliphatic heterocycles. The van der Waals surface area contributed by atoms with E-state index < -0.39 is 12.5 Å². The molecule has 0 aliphatic rings. The van der Waals surface area contributed by atoms with Crippen molar-refractivity contribution >= 4 is 19.4 Å². The van der Waals surface area contributed by atoms with Crippen molar-refractivity contribution in [1.29, 1.82) is 0 Å². The van der Waals surface area contributed by atoms with Gasteiger partial charge >= 0.3 is 7.60 Å². The molecule has 0 fully saturated rings. The lowest BCUT2D eigenvalue weighted by Gasteiger charge is -2.07. The molecule has 0 spiro atoms. The van der Waals surface area contributed by atoms with E-state index in [9.17, 15) is 14.7 Å². The molecule has 0 amide bonds. The maximum absolute atomic E-state index is 11.7. The lowest BCUT2D eigenvalue weighted by Crippen LogP contribution is -1.90. The number of nitro benzene ring substituents is 1. The molecule has 1 aromatic rings. The van der Waals surface area contributed by atoms with Crippen LogP contribution in [-0.2, 0) is 13.6 Å². The van der Waals surface area contributed by atoms with Crippen molar-refractivity contribution in [1.82, 2.24) is 0 Å². The third-order valence-electron chi connectivity index (χ3n) is 2.08. The van der Waals surface area contributed by atoms with Crippen LogP contribution in [0.15, 0.2) is 30.1 Å². The van der Waals surface area contributed by atoms with Crippen LogP contribution >= 0.6 is 7.60 Å². The number of benzene rings is 1. The zero-order chi connectivity index (χ0) is 12.9. The Morgan fingerprint density at radius 2 is 1.88 bits per heavy atom. The fraction of sp³-hybridized carbons (Fsp3) is 0.200. The lowest BCUT2D eigenvalue weighted by molar-refractivity contribution is -0.385. The third kappa shape index (κ3) is 3.49. The number of nitro groups is 1. The highest BCUT2D eigenvalue weighted by Crippen LogP contribution is 2.48. The number of hydrogen-bond acceptors (Lipinski definition) is 5. The molecule has 1 rings (SSSR count). The molecular formula is C10H12NO5P. The topological polar surface area (TPSA) is 78.7 Å². The summed E-state index contributed by atoms with van der Waals surface area (Å²) in [6.07, 6.45) is 1.35. The van der Waals surface area contributed by atoms with E-state index in [-0.39, 0.29) is 5.69 Å². The standard InChI is InChI=1S/C10H12NO5P/c1-15-17(14,16-2)8-7-9-5-3-4-6-10(9)11(12)13/h3-8H,1-2H3/b8-7+. The van der Waals surface area contributed by atoms with Crippen molar-refractivity contribution < 1.29 is 18.5 Å². The van der Waals surface area contributed by atoms with Gasteiger partial charge in [-0.3, -0.25) is 14.7 Å². The van der Waals surface area contributed by atoms with Crippen LogP contribution in [0.4, 0.5) is 5.69 Å². The second-order valence-electron chi connectivity index (χ2n) is 3.04. The summed E-state index contributed by atoms with van der Waals surface area (Å²) in [7, 11) is -0.812. The van der Waals surface area contributed by atoms with Gasteiger partial charge in [0.2, 0.25) is 0 Å². The van der Waals surface area contributed by atoms with Gasteiger partial charge in [0, 0.05) is 26.1 Å². The molecule has 0 atom stereocenters. The molecule has 17 heavy (non-hydrogen) atoms. The van der Waals surface area contributed by atoms with Gasteiger partial charge in [-0.1, -0.05) is 12.1 Å². The van der Waals surface area contributed by atoms with Crippen molar-refractivity contribution in [3.05, 3.63) is 45.8 Å². The first-order valence-corrected chi connectivity index (χ1v) is 6.27. The summed E-state index contributed by atoms with van der Waals surface area (Å²) < 4.78 is 21.1. The summed E-state index contributed by atoms with van der Waals surface area (Å²) in [6.45, 7) is 0. The van der Waals surface area contributed by atoms with Crippen LogP contribution in [0.5, 0.6) is 0 Å². The highest BCUT2D eigenvalue weighted by molar-refractivity contribution is 7.57. The maximum Gasteiger partial charge on any atom is 0.353 e. The maximum atomic E-state index is 11.7. The fourth-order valence-corrected chi connectivity index (χ4v) is 1.90. The second-order valence-corrected chi connectivity index (χ2v) is 5.14. The predicted molar refractivity (Wildman–Crippen MR) is 63.8 cm³/mol. The molecule has 7 heteroatoms. The largest absolute Gasteiger partial charge is 0.353 e. The zero-order valence-corrected chi connectivity index (χ0v) is 10.3. The van der Waals surface area contributed by atoms with Gasteiger partial charge in [-0.05, 0) is 12.1 Å². The highest BCUT2D eigenvalue weighted by atomic mass is 31.2. The summed E-state index contributed by atoms with van der Waals surface area (Å²) in [5.74, 6) is 1.19. The molecule has 0 N–H and O–H groups in total. The molecule has 1 aromatic carbocycles. The summed E-state index contributed by atoms with van der Waals surface area (Å²) in [6, 6.07) is 6.12. The molecule has 0 aliphatic carbocycles. The number of para-hydroxylation sites is 1. The summed E-state index contributed by atoms with van der Waals surface area (Å²) in [5, 5.41) is 10.7. The Kier molecular flexibility index (Phi) is 4.57. The van der Waals surface area contributed by atoms with Gasteiger partial charge in [0.25, 0.3) is 5.69 Å². The Morgan fingerprint density at radius 3 is 2.41 bits per heavy atom. The van der Waals surface area contributed by atoms with Gasteiger partial charge < -0.3 is 9.05 Å². The number of rotatable bonds is 5. The molecule has 0 bridgehead atoms. The monoisotopic (exact) mass is 257 g/mol. The molecule has 0 saturated heterocycles. The van der Waals surface area contributed by atoms with Gasteiger partial charge in [0.1, 0.15) is 0 Å². The number of hydrogen-bond donors (Lipinski definition) is 0. The molecule has 0 radical (unpaired) electrons. The van der Waals surface area contributed by atoms with Crippen molar-refractivity contribution in [2.75, 3.05) is 14.2 Å². The molecule has 92 valence electrons. The zero-order valence-electron chi connectivity index (χ0n) is 9.40. The average molecular weight is 257 g/mol. The first kappa shape index (κ1) is 13.6. The van der Waals surface area contributed by atoms with Gasteiger partial charge in [0.15, 0.2) is 0 Å². The van der Waals surface area contributed by atoms with Crippen LogP contribution in [0.2, 0.25) is 0 Å². The van der Waals surface area contributed by atoms with E-state index in [0.717, 1.165) is 0 Å². The van der Waals surface area contributed by atoms with Gasteiger partial charge in [-0.25, -0.2) is 0 Å². The van der Waals surface area contributed by atoms with E-state index in [4.69, 9.17) is 0 Å². The van der Waals surface area contributed by atoms with E-state index in [1.54, 1.807) is 18.2 Å². The van der Waals surface area contributed by atoms with E-state index >= 15 is 0 Å². The third-order valence-corrected chi connectivity index (χ3v) is 3.61. The molecule has 0 heterocycles. The van der Waals surface area contributed by atoms with Crippen molar-refractivity contribution in [2.24, 2.45) is 0 Å². The van der Waals surface area contributed by atoms with E-state index in [0.29, 0.717) is 5.56 Å². The van der Waals surface area contributed by atoms with E-state index in [1.165, 1.54) is 32.2 Å². The molecule has 0 saturated carbocycles. The lowest BCUT2D eigenvalue weighted by atomic mass is 10.2. The Bertz CT molecular complexity index is 477. The summed E-state index contributed by atoms with van der Waals surface area (Å²) >= 11 is 0. The minimum absolute atomic E-state index is 0.0671. The van der Waals surface area contributed by atoms with Crippen LogP contribution in [0, 0.1) is 10.1 Å². The van der Waals surface area contributed by atoms with Gasteiger partial charge in [-0.15, -0.1) is 0 Å². The first-order chi connectivity index (χ1) is 8.02. The Morgan fingerprint density at radius 1 is 1.29 bits per heavy atom. The van der Waals surface area contributed by atoms with Crippen molar-refractivity contribution in [3.63, 3.8) is 0 Å². The van der Waals surface area contributed by atoms with Crippen LogP contribution in [0.3, 0.4) is 0 Å².